The Morgan fingerprint density at radius 3 is 2.19 bits per heavy atom. The molecule has 1 atom stereocenters. The van der Waals surface area contributed by atoms with Crippen LogP contribution in [0.3, 0.4) is 0 Å². The Bertz CT molecular complexity index is 1160. The van der Waals surface area contributed by atoms with Crippen LogP contribution >= 0.6 is 0 Å². The van der Waals surface area contributed by atoms with Gasteiger partial charge in [0.1, 0.15) is 0 Å². The van der Waals surface area contributed by atoms with Gasteiger partial charge in [-0.2, -0.15) is 0 Å². The highest BCUT2D eigenvalue weighted by molar-refractivity contribution is 7.92. The van der Waals surface area contributed by atoms with Crippen LogP contribution in [0.4, 0.5) is 5.69 Å². The molecule has 3 aromatic carbocycles. The topological polar surface area (TPSA) is 66.5 Å². The van der Waals surface area contributed by atoms with Crippen molar-refractivity contribution in [3.8, 4) is 0 Å². The van der Waals surface area contributed by atoms with Crippen molar-refractivity contribution in [2.45, 2.75) is 31.7 Å². The fraction of sp³-hybridized carbons (Fsp3) is 0.240. The number of hydrogen-bond acceptors (Lipinski definition) is 3. The van der Waals surface area contributed by atoms with E-state index < -0.39 is 10.0 Å². The van der Waals surface area contributed by atoms with E-state index in [1.54, 1.807) is 36.4 Å². The van der Waals surface area contributed by atoms with E-state index in [0.717, 1.165) is 11.1 Å². The molecular weight excluding hydrogens is 408 g/mol. The van der Waals surface area contributed by atoms with Gasteiger partial charge in [0, 0.05) is 12.6 Å². The van der Waals surface area contributed by atoms with E-state index in [9.17, 15) is 13.2 Å². The largest absolute Gasteiger partial charge is 0.345 e. The van der Waals surface area contributed by atoms with Crippen LogP contribution < -0.4 is 9.62 Å². The number of nitrogens with one attached hydrogen (secondary N) is 1. The van der Waals surface area contributed by atoms with Crippen molar-refractivity contribution in [3.05, 3.63) is 95.6 Å². The highest BCUT2D eigenvalue weighted by Gasteiger charge is 2.24. The predicted octanol–water partition coefficient (Wildman–Crippen LogP) is 4.95. The lowest BCUT2D eigenvalue weighted by atomic mass is 9.92. The van der Waals surface area contributed by atoms with Gasteiger partial charge in [0.25, 0.3) is 15.9 Å². The monoisotopic (exact) mass is 436 g/mol. The molecule has 3 aromatic rings. The lowest BCUT2D eigenvalue weighted by Gasteiger charge is -2.25. The van der Waals surface area contributed by atoms with Crippen molar-refractivity contribution in [1.82, 2.24) is 5.32 Å². The minimum absolute atomic E-state index is 0.0727. The van der Waals surface area contributed by atoms with E-state index in [4.69, 9.17) is 0 Å². The van der Waals surface area contributed by atoms with Gasteiger partial charge >= 0.3 is 0 Å². The van der Waals surface area contributed by atoms with Crippen LogP contribution in [0, 0.1) is 12.8 Å². The summed E-state index contributed by atoms with van der Waals surface area (Å²) in [5, 5.41) is 3.08. The fourth-order valence-electron chi connectivity index (χ4n) is 3.50. The van der Waals surface area contributed by atoms with Gasteiger partial charge in [-0.15, -0.1) is 0 Å². The van der Waals surface area contributed by atoms with Crippen molar-refractivity contribution in [1.29, 1.82) is 0 Å². The SMILES string of the molecule is Cc1ccccc1[C@H](NC(=O)c1cccc(S(=O)(=O)N(C)c2ccccc2)c1)C(C)C. The molecule has 3 rings (SSSR count). The number of anilines is 1. The van der Waals surface area contributed by atoms with Crippen molar-refractivity contribution in [2.24, 2.45) is 5.92 Å². The van der Waals surface area contributed by atoms with Gasteiger partial charge in [-0.1, -0.05) is 62.4 Å². The lowest BCUT2D eigenvalue weighted by molar-refractivity contribution is 0.0925. The van der Waals surface area contributed by atoms with Crippen LogP contribution in [0.15, 0.2) is 83.8 Å². The number of carbonyl (C=O) groups is 1. The molecule has 5 nitrogen and oxygen atoms in total. The second kappa shape index (κ2) is 9.35. The van der Waals surface area contributed by atoms with Gasteiger partial charge in [-0.05, 0) is 54.3 Å². The molecule has 162 valence electrons. The van der Waals surface area contributed by atoms with E-state index >= 15 is 0 Å². The Hall–Kier alpha value is -3.12. The first-order chi connectivity index (χ1) is 14.7. The normalized spacial score (nSPS) is 12.4. The van der Waals surface area contributed by atoms with Crippen LogP contribution in [-0.4, -0.2) is 21.4 Å². The average Bonchev–Trinajstić information content (AvgIpc) is 2.78. The van der Waals surface area contributed by atoms with Gasteiger partial charge in [0.2, 0.25) is 0 Å². The van der Waals surface area contributed by atoms with Gasteiger partial charge in [-0.25, -0.2) is 8.42 Å². The molecule has 31 heavy (non-hydrogen) atoms. The molecule has 0 radical (unpaired) electrons. The predicted molar refractivity (Wildman–Crippen MR) is 125 cm³/mol. The molecular formula is C25H28N2O3S. The summed E-state index contributed by atoms with van der Waals surface area (Å²) in [4.78, 5) is 13.1. The highest BCUT2D eigenvalue weighted by Crippen LogP contribution is 2.26. The molecule has 0 fully saturated rings. The lowest BCUT2D eigenvalue weighted by Crippen LogP contribution is -2.32. The summed E-state index contributed by atoms with van der Waals surface area (Å²) >= 11 is 0. The number of sulfonamides is 1. The van der Waals surface area contributed by atoms with E-state index in [-0.39, 0.29) is 22.8 Å². The Morgan fingerprint density at radius 1 is 0.903 bits per heavy atom. The third-order valence-corrected chi connectivity index (χ3v) is 7.13. The number of aryl methyl sites for hydroxylation is 1. The molecule has 0 saturated carbocycles. The maximum absolute atomic E-state index is 13.1. The van der Waals surface area contributed by atoms with Crippen LogP contribution in [0.5, 0.6) is 0 Å². The van der Waals surface area contributed by atoms with Crippen LogP contribution in [0.1, 0.15) is 41.4 Å². The Labute approximate surface area is 184 Å². The summed E-state index contributed by atoms with van der Waals surface area (Å²) in [6, 6.07) is 22.8. The summed E-state index contributed by atoms with van der Waals surface area (Å²) in [6.07, 6.45) is 0. The Balaban J connectivity index is 1.88. The first-order valence-corrected chi connectivity index (χ1v) is 11.7. The maximum Gasteiger partial charge on any atom is 0.264 e. The van der Waals surface area contributed by atoms with Crippen LogP contribution in [0.25, 0.3) is 0 Å². The number of nitrogens with zero attached hydrogens (tertiary/aromatic N) is 1. The summed E-state index contributed by atoms with van der Waals surface area (Å²) in [6.45, 7) is 6.11. The van der Waals surface area contributed by atoms with Crippen LogP contribution in [0.2, 0.25) is 0 Å². The van der Waals surface area contributed by atoms with Gasteiger partial charge in [0.05, 0.1) is 16.6 Å². The average molecular weight is 437 g/mol. The number of rotatable bonds is 7. The molecule has 6 heteroatoms. The zero-order chi connectivity index (χ0) is 22.6. The van der Waals surface area contributed by atoms with Crippen molar-refractivity contribution >= 4 is 21.6 Å². The highest BCUT2D eigenvalue weighted by atomic mass is 32.2. The second-order valence-corrected chi connectivity index (χ2v) is 9.86. The minimum atomic E-state index is -3.80. The smallest absolute Gasteiger partial charge is 0.264 e. The Kier molecular flexibility index (Phi) is 6.81. The Morgan fingerprint density at radius 2 is 1.55 bits per heavy atom. The molecule has 1 amide bonds. The summed E-state index contributed by atoms with van der Waals surface area (Å²) in [5.74, 6) is -0.137. The molecule has 0 spiro atoms. The molecule has 1 N–H and O–H groups in total. The first kappa shape index (κ1) is 22.6. The maximum atomic E-state index is 13.1. The van der Waals surface area contributed by atoms with Crippen molar-refractivity contribution in [3.63, 3.8) is 0 Å². The van der Waals surface area contributed by atoms with E-state index in [1.807, 2.05) is 51.1 Å². The summed E-state index contributed by atoms with van der Waals surface area (Å²) < 4.78 is 27.4. The molecule has 0 aliphatic rings. The third-order valence-electron chi connectivity index (χ3n) is 5.35. The summed E-state index contributed by atoms with van der Waals surface area (Å²) in [5.41, 5.74) is 3.01. The number of hydrogen-bond donors (Lipinski definition) is 1. The molecule has 0 unspecified atom stereocenters. The molecule has 0 saturated heterocycles. The molecule has 0 aliphatic carbocycles. The van der Waals surface area contributed by atoms with Gasteiger partial charge in [-0.3, -0.25) is 9.10 Å². The van der Waals surface area contributed by atoms with Crippen molar-refractivity contribution in [2.75, 3.05) is 11.4 Å². The molecule has 0 aliphatic heterocycles. The van der Waals surface area contributed by atoms with E-state index in [0.29, 0.717) is 11.3 Å². The van der Waals surface area contributed by atoms with Gasteiger partial charge in [0.15, 0.2) is 0 Å². The second-order valence-electron chi connectivity index (χ2n) is 7.89. The van der Waals surface area contributed by atoms with Crippen molar-refractivity contribution < 1.29 is 13.2 Å². The van der Waals surface area contributed by atoms with E-state index in [1.165, 1.54) is 23.5 Å². The summed E-state index contributed by atoms with van der Waals surface area (Å²) in [7, 11) is -2.29. The molecule has 0 aromatic heterocycles. The zero-order valence-electron chi connectivity index (χ0n) is 18.2. The fourth-order valence-corrected chi connectivity index (χ4v) is 4.74. The first-order valence-electron chi connectivity index (χ1n) is 10.2. The standard InChI is InChI=1S/C25H28N2O3S/c1-18(2)24(23-16-9-8-11-19(23)3)26-25(28)20-12-10-15-22(17-20)31(29,30)27(4)21-13-6-5-7-14-21/h5-18,24H,1-4H3,(H,26,28)/t24-/m1/s1. The number of para-hydroxylation sites is 1. The van der Waals surface area contributed by atoms with E-state index in [2.05, 4.69) is 5.32 Å². The number of carbonyl (C=O) groups excluding carboxylic acids is 1. The number of amides is 1. The van der Waals surface area contributed by atoms with Gasteiger partial charge < -0.3 is 5.32 Å². The zero-order valence-corrected chi connectivity index (χ0v) is 19.1. The minimum Gasteiger partial charge on any atom is -0.345 e. The quantitative estimate of drug-likeness (QED) is 0.570. The third kappa shape index (κ3) is 4.97. The van der Waals surface area contributed by atoms with Crippen LogP contribution in [-0.2, 0) is 10.0 Å². The molecule has 0 bridgehead atoms. The number of benzene rings is 3. The molecule has 0 heterocycles.